The number of fused-ring (bicyclic) bond motifs is 1. The number of nitrogens with zero attached hydrogens (tertiary/aromatic N) is 4. The third-order valence-electron chi connectivity index (χ3n) is 4.36. The minimum absolute atomic E-state index is 0.139. The van der Waals surface area contributed by atoms with Gasteiger partial charge in [-0.25, -0.2) is 14.8 Å². The van der Waals surface area contributed by atoms with Gasteiger partial charge in [0.1, 0.15) is 18.6 Å². The molecule has 7 heteroatoms. The van der Waals surface area contributed by atoms with E-state index < -0.39 is 0 Å². The van der Waals surface area contributed by atoms with Crippen LogP contribution in [0.15, 0.2) is 72.2 Å². The fourth-order valence-electron chi connectivity index (χ4n) is 3.12. The average molecular weight is 361 g/mol. The molecular weight excluding hydrogens is 344 g/mol. The number of benzene rings is 1. The van der Waals surface area contributed by atoms with E-state index in [-0.39, 0.29) is 17.0 Å². The van der Waals surface area contributed by atoms with Gasteiger partial charge in [-0.05, 0) is 12.1 Å². The normalized spacial score (nSPS) is 10.9. The maximum Gasteiger partial charge on any atom is 0.354 e. The first kappa shape index (κ1) is 16.7. The van der Waals surface area contributed by atoms with Crippen LogP contribution in [0.5, 0.6) is 11.6 Å². The van der Waals surface area contributed by atoms with E-state index >= 15 is 0 Å². The Hall–Kier alpha value is -3.74. The van der Waals surface area contributed by atoms with Crippen LogP contribution in [0.4, 0.5) is 0 Å². The number of aromatic hydroxyl groups is 1. The van der Waals surface area contributed by atoms with Gasteiger partial charge in [-0.15, -0.1) is 0 Å². The third kappa shape index (κ3) is 2.89. The van der Waals surface area contributed by atoms with Gasteiger partial charge < -0.3 is 9.84 Å². The molecule has 4 aromatic rings. The molecule has 0 spiro atoms. The largest absolute Gasteiger partial charge is 0.496 e. The summed E-state index contributed by atoms with van der Waals surface area (Å²) < 4.78 is 8.55. The quantitative estimate of drug-likeness (QED) is 0.561. The molecule has 0 fully saturated rings. The molecule has 0 bridgehead atoms. The molecule has 7 nitrogen and oxygen atoms in total. The number of hydrogen-bond donors (Lipinski definition) is 1. The summed E-state index contributed by atoms with van der Waals surface area (Å²) in [7, 11) is 1.53. The molecule has 4 rings (SSSR count). The highest BCUT2D eigenvalue weighted by atomic mass is 16.5. The Morgan fingerprint density at radius 1 is 1.11 bits per heavy atom. The Kier molecular flexibility index (Phi) is 4.25. The van der Waals surface area contributed by atoms with Gasteiger partial charge in [-0.1, -0.05) is 24.3 Å². The SMILES string of the molecule is COc1ccccc1-c1c(O)[n+](Cc2cncnc2)c2ccccn2c1=O. The van der Waals surface area contributed by atoms with Crippen LogP contribution in [0.3, 0.4) is 0 Å². The maximum atomic E-state index is 13.1. The molecule has 0 aliphatic rings. The minimum atomic E-state index is -0.326. The number of pyridine rings is 1. The second-order valence-corrected chi connectivity index (χ2v) is 5.97. The highest BCUT2D eigenvalue weighted by molar-refractivity contribution is 5.73. The summed E-state index contributed by atoms with van der Waals surface area (Å²) in [6.45, 7) is 0.308. The Balaban J connectivity index is 2.05. The van der Waals surface area contributed by atoms with Crippen molar-refractivity contribution in [3.8, 4) is 22.8 Å². The van der Waals surface area contributed by atoms with Crippen molar-refractivity contribution in [3.05, 3.63) is 83.3 Å². The lowest BCUT2D eigenvalue weighted by Gasteiger charge is -2.12. The summed E-state index contributed by atoms with van der Waals surface area (Å²) in [5.41, 5.74) is 1.73. The van der Waals surface area contributed by atoms with E-state index in [0.29, 0.717) is 23.5 Å². The second-order valence-electron chi connectivity index (χ2n) is 5.97. The van der Waals surface area contributed by atoms with Gasteiger partial charge in [-0.2, -0.15) is 8.97 Å². The van der Waals surface area contributed by atoms with Crippen molar-refractivity contribution in [2.75, 3.05) is 7.11 Å². The van der Waals surface area contributed by atoms with Crippen LogP contribution in [0.2, 0.25) is 0 Å². The third-order valence-corrected chi connectivity index (χ3v) is 4.36. The van der Waals surface area contributed by atoms with Gasteiger partial charge >= 0.3 is 5.56 Å². The smallest absolute Gasteiger partial charge is 0.354 e. The fraction of sp³-hybridized carbons (Fsp3) is 0.100. The summed E-state index contributed by atoms with van der Waals surface area (Å²) in [6.07, 6.45) is 6.47. The zero-order chi connectivity index (χ0) is 18.8. The lowest BCUT2D eigenvalue weighted by atomic mass is 10.1. The zero-order valence-corrected chi connectivity index (χ0v) is 14.6. The molecule has 0 saturated carbocycles. The topological polar surface area (TPSA) is 80.6 Å². The summed E-state index contributed by atoms with van der Waals surface area (Å²) in [6, 6.07) is 12.5. The molecule has 3 heterocycles. The van der Waals surface area contributed by atoms with Crippen LogP contribution >= 0.6 is 0 Å². The van der Waals surface area contributed by atoms with Crippen molar-refractivity contribution in [1.29, 1.82) is 0 Å². The van der Waals surface area contributed by atoms with E-state index in [1.807, 2.05) is 12.1 Å². The highest BCUT2D eigenvalue weighted by Gasteiger charge is 2.26. The Morgan fingerprint density at radius 3 is 2.63 bits per heavy atom. The first-order valence-electron chi connectivity index (χ1n) is 8.34. The standard InChI is InChI=1S/C20H16N4O3/c1-27-16-7-3-2-6-15(16)18-19(25)23-9-5-4-8-17(23)24(20(18)26)12-14-10-21-13-22-11-14/h2-11,13H,12H2,1H3/p+1. The van der Waals surface area contributed by atoms with Gasteiger partial charge in [0.2, 0.25) is 0 Å². The first-order valence-corrected chi connectivity index (χ1v) is 8.34. The van der Waals surface area contributed by atoms with Gasteiger partial charge in [0.15, 0.2) is 5.56 Å². The maximum absolute atomic E-state index is 13.1. The van der Waals surface area contributed by atoms with Crippen LogP contribution in [0, 0.1) is 0 Å². The van der Waals surface area contributed by atoms with E-state index in [1.54, 1.807) is 53.5 Å². The molecule has 1 aromatic carbocycles. The van der Waals surface area contributed by atoms with Crippen molar-refractivity contribution in [1.82, 2.24) is 14.4 Å². The molecule has 0 aliphatic carbocycles. The van der Waals surface area contributed by atoms with Gasteiger partial charge in [-0.3, -0.25) is 0 Å². The Labute approximate surface area is 154 Å². The number of methoxy groups -OCH3 is 1. The highest BCUT2D eigenvalue weighted by Crippen LogP contribution is 2.31. The van der Waals surface area contributed by atoms with E-state index in [9.17, 15) is 9.90 Å². The number of aromatic nitrogens is 4. The van der Waals surface area contributed by atoms with E-state index in [4.69, 9.17) is 4.74 Å². The van der Waals surface area contributed by atoms with Crippen molar-refractivity contribution >= 4 is 5.65 Å². The molecule has 0 atom stereocenters. The number of ether oxygens (including phenoxy) is 1. The van der Waals surface area contributed by atoms with Crippen LogP contribution in [-0.2, 0) is 6.54 Å². The average Bonchev–Trinajstić information content (AvgIpc) is 2.72. The lowest BCUT2D eigenvalue weighted by molar-refractivity contribution is -0.671. The van der Waals surface area contributed by atoms with Crippen molar-refractivity contribution in [2.45, 2.75) is 6.54 Å². The van der Waals surface area contributed by atoms with Gasteiger partial charge in [0.05, 0.1) is 13.3 Å². The second kappa shape index (κ2) is 6.87. The lowest BCUT2D eigenvalue weighted by Crippen LogP contribution is -2.41. The number of rotatable bonds is 4. The van der Waals surface area contributed by atoms with E-state index in [0.717, 1.165) is 5.56 Å². The first-order chi connectivity index (χ1) is 13.2. The number of para-hydroxylation sites is 1. The molecule has 0 aliphatic heterocycles. The van der Waals surface area contributed by atoms with E-state index in [2.05, 4.69) is 9.97 Å². The fourth-order valence-corrected chi connectivity index (χ4v) is 3.12. The van der Waals surface area contributed by atoms with E-state index in [1.165, 1.54) is 17.8 Å². The number of hydrogen-bond acceptors (Lipinski definition) is 5. The van der Waals surface area contributed by atoms with Crippen LogP contribution < -0.4 is 14.9 Å². The zero-order valence-electron chi connectivity index (χ0n) is 14.6. The van der Waals surface area contributed by atoms with Crippen LogP contribution in [0.1, 0.15) is 5.56 Å². The van der Waals surface area contributed by atoms with Gasteiger partial charge in [0, 0.05) is 29.6 Å². The minimum Gasteiger partial charge on any atom is -0.496 e. The molecule has 27 heavy (non-hydrogen) atoms. The van der Waals surface area contributed by atoms with Crippen molar-refractivity contribution in [2.24, 2.45) is 0 Å². The van der Waals surface area contributed by atoms with Crippen LogP contribution in [-0.4, -0.2) is 26.6 Å². The molecule has 0 saturated heterocycles. The molecule has 0 amide bonds. The van der Waals surface area contributed by atoms with Crippen molar-refractivity contribution < 1.29 is 14.4 Å². The van der Waals surface area contributed by atoms with Crippen LogP contribution in [0.25, 0.3) is 16.8 Å². The molecule has 1 N–H and O–H groups in total. The Morgan fingerprint density at radius 2 is 1.85 bits per heavy atom. The summed E-state index contributed by atoms with van der Waals surface area (Å²) in [5.74, 6) is 0.370. The monoisotopic (exact) mass is 361 g/mol. The molecule has 3 aromatic heterocycles. The predicted octanol–water partition coefficient (Wildman–Crippen LogP) is 1.81. The summed E-state index contributed by atoms with van der Waals surface area (Å²) in [4.78, 5) is 21.2. The predicted molar refractivity (Wildman–Crippen MR) is 98.6 cm³/mol. The van der Waals surface area contributed by atoms with Gasteiger partial charge in [0.25, 0.3) is 11.5 Å². The van der Waals surface area contributed by atoms with Crippen molar-refractivity contribution in [3.63, 3.8) is 0 Å². The summed E-state index contributed by atoms with van der Waals surface area (Å²) >= 11 is 0. The summed E-state index contributed by atoms with van der Waals surface area (Å²) in [5, 5.41) is 11.1. The molecular formula is C20H17N4O3+. The molecule has 134 valence electrons. The molecule has 0 unspecified atom stereocenters. The molecule has 0 radical (unpaired) electrons. The Bertz CT molecular complexity index is 1170.